The first-order valence-electron chi connectivity index (χ1n) is 1.65. The van der Waals surface area contributed by atoms with E-state index in [4.69, 9.17) is 11.5 Å². The molecular weight excluding hydrogens is 88.1 g/mol. The van der Waals surface area contributed by atoms with Crippen LogP contribution in [-0.2, 0) is 0 Å². The predicted octanol–water partition coefficient (Wildman–Crippen LogP) is -0.663. The summed E-state index contributed by atoms with van der Waals surface area (Å²) < 4.78 is 0. The van der Waals surface area contributed by atoms with Crippen LogP contribution >= 0.6 is 0 Å². The summed E-state index contributed by atoms with van der Waals surface area (Å²) in [5.41, 5.74) is 11.9. The maximum Gasteiger partial charge on any atom is 0.243 e. The van der Waals surface area contributed by atoms with Crippen molar-refractivity contribution in [1.82, 2.24) is 0 Å². The Morgan fingerprint density at radius 3 is 2.71 bits per heavy atom. The lowest BCUT2D eigenvalue weighted by Crippen LogP contribution is -1.74. The van der Waals surface area contributed by atoms with Gasteiger partial charge >= 0.3 is 0 Å². The molecule has 0 heterocycles. The fourth-order valence-corrected chi connectivity index (χ4v) is 0.119. The van der Waals surface area contributed by atoms with E-state index in [9.17, 15) is 0 Å². The zero-order valence-electron chi connectivity index (χ0n) is 3.73. The summed E-state index contributed by atoms with van der Waals surface area (Å²) in [5, 5.41) is 0. The lowest BCUT2D eigenvalue weighted by Gasteiger charge is -1.44. The lowest BCUT2D eigenvalue weighted by molar-refractivity contribution is 1.54. The predicted molar refractivity (Wildman–Crippen MR) is 27.5 cm³/mol. The van der Waals surface area contributed by atoms with Gasteiger partial charge in [0.25, 0.3) is 0 Å². The molecule has 0 aromatic heterocycles. The molecule has 0 spiro atoms. The van der Waals surface area contributed by atoms with E-state index in [1.54, 1.807) is 0 Å². The summed E-state index contributed by atoms with van der Waals surface area (Å²) in [6.45, 7) is 0. The van der Waals surface area contributed by atoms with Crippen molar-refractivity contribution in [2.24, 2.45) is 11.5 Å². The van der Waals surface area contributed by atoms with Crippen molar-refractivity contribution < 1.29 is 0 Å². The highest BCUT2D eigenvalue weighted by Gasteiger charge is 1.61. The molecule has 0 saturated heterocycles. The topological polar surface area (TPSA) is 52.0 Å². The van der Waals surface area contributed by atoms with Crippen molar-refractivity contribution in [3.8, 4) is 12.0 Å². The summed E-state index contributed by atoms with van der Waals surface area (Å²) in [4.78, 5) is 0. The monoisotopic (exact) mass is 93.0 g/mol. The average molecular weight is 93.1 g/mol. The van der Waals surface area contributed by atoms with Crippen molar-refractivity contribution in [2.75, 3.05) is 0 Å². The zero-order chi connectivity index (χ0) is 5.54. The standard InChI is InChI=1S/C5H5N2/c6-4-2-1-3-5-7/h1H,6-7H2/q+1. The lowest BCUT2D eigenvalue weighted by atomic mass is 10.6. The van der Waals surface area contributed by atoms with Crippen molar-refractivity contribution in [3.05, 3.63) is 18.0 Å². The molecule has 0 rings (SSSR count). The number of allylic oxidation sites excluding steroid dienone is 1. The molecule has 0 aliphatic rings. The van der Waals surface area contributed by atoms with Crippen LogP contribution in [-0.4, -0.2) is 0 Å². The van der Waals surface area contributed by atoms with Gasteiger partial charge in [-0.15, -0.1) is 0 Å². The third-order valence-corrected chi connectivity index (χ3v) is 0.311. The maximum atomic E-state index is 4.77. The van der Waals surface area contributed by atoms with Gasteiger partial charge in [0.15, 0.2) is 11.8 Å². The molecular formula is C5H5N2+. The van der Waals surface area contributed by atoms with E-state index in [2.05, 4.69) is 23.9 Å². The van der Waals surface area contributed by atoms with Gasteiger partial charge in [-0.2, -0.15) is 0 Å². The van der Waals surface area contributed by atoms with Gasteiger partial charge in [0.2, 0.25) is 6.20 Å². The molecule has 0 fully saturated rings. The largest absolute Gasteiger partial charge is 0.358 e. The zero-order valence-corrected chi connectivity index (χ0v) is 3.73. The second kappa shape index (κ2) is 4.59. The quantitative estimate of drug-likeness (QED) is 0.181. The second-order valence-corrected chi connectivity index (χ2v) is 0.722. The van der Waals surface area contributed by atoms with Crippen LogP contribution in [0.1, 0.15) is 0 Å². The molecule has 7 heavy (non-hydrogen) atoms. The van der Waals surface area contributed by atoms with E-state index < -0.39 is 0 Å². The van der Waals surface area contributed by atoms with Gasteiger partial charge in [-0.3, -0.25) is 5.73 Å². The summed E-state index contributed by atoms with van der Waals surface area (Å²) in [6.07, 6.45) is 3.53. The first-order chi connectivity index (χ1) is 3.41. The van der Waals surface area contributed by atoms with Crippen LogP contribution in [0.25, 0.3) is 0 Å². The Balaban J connectivity index is 3.63. The minimum atomic E-state index is 1.39. The van der Waals surface area contributed by atoms with E-state index in [1.165, 1.54) is 6.08 Å². The first-order valence-corrected chi connectivity index (χ1v) is 1.65. The molecule has 0 aliphatic heterocycles. The van der Waals surface area contributed by atoms with E-state index in [0.717, 1.165) is 0 Å². The van der Waals surface area contributed by atoms with Crippen LogP contribution in [0.5, 0.6) is 0 Å². The Kier molecular flexibility index (Phi) is 3.67. The van der Waals surface area contributed by atoms with Crippen LogP contribution in [0.2, 0.25) is 0 Å². The number of rotatable bonds is 0. The Morgan fingerprint density at radius 1 is 1.57 bits per heavy atom. The van der Waals surface area contributed by atoms with Gasteiger partial charge in [-0.25, -0.2) is 0 Å². The fraction of sp³-hybridized carbons (Fsp3) is 0. The van der Waals surface area contributed by atoms with Crippen LogP contribution in [0.4, 0.5) is 0 Å². The van der Waals surface area contributed by atoms with Gasteiger partial charge in [-0.1, -0.05) is 0 Å². The van der Waals surface area contributed by atoms with Crippen LogP contribution in [0.3, 0.4) is 0 Å². The number of nitrogens with two attached hydrogens (primary N) is 2. The van der Waals surface area contributed by atoms with Crippen molar-refractivity contribution in [3.63, 3.8) is 0 Å². The highest BCUT2D eigenvalue weighted by molar-refractivity contribution is 5.11. The molecule has 34 valence electrons. The number of hydrogen-bond donors (Lipinski definition) is 2. The summed E-state index contributed by atoms with van der Waals surface area (Å²) in [6, 6.07) is 2.14. The van der Waals surface area contributed by atoms with Gasteiger partial charge < -0.3 is 5.73 Å². The average Bonchev–Trinajstić information content (AvgIpc) is 1.69. The Morgan fingerprint density at radius 2 is 2.29 bits per heavy atom. The van der Waals surface area contributed by atoms with E-state index in [-0.39, 0.29) is 0 Å². The van der Waals surface area contributed by atoms with Gasteiger partial charge in [-0.05, 0) is 0 Å². The molecule has 0 aliphatic carbocycles. The van der Waals surface area contributed by atoms with Crippen molar-refractivity contribution >= 4 is 0 Å². The molecule has 0 bridgehead atoms. The molecule has 2 nitrogen and oxygen atoms in total. The summed E-state index contributed by atoms with van der Waals surface area (Å²) in [7, 11) is 0. The van der Waals surface area contributed by atoms with E-state index >= 15 is 0 Å². The van der Waals surface area contributed by atoms with Gasteiger partial charge in [0.05, 0.1) is 5.92 Å². The molecule has 2 heteroatoms. The minimum Gasteiger partial charge on any atom is -0.358 e. The van der Waals surface area contributed by atoms with Crippen LogP contribution in [0.15, 0.2) is 11.8 Å². The second-order valence-electron chi connectivity index (χ2n) is 0.722. The van der Waals surface area contributed by atoms with Crippen LogP contribution in [0, 0.1) is 18.2 Å². The SMILES string of the molecule is NC#CC=C=[C+]N. The Bertz CT molecular complexity index is 141. The number of hydrogen-bond acceptors (Lipinski definition) is 2. The third-order valence-electron chi connectivity index (χ3n) is 0.311. The normalized spacial score (nSPS) is 4.00. The van der Waals surface area contributed by atoms with Gasteiger partial charge in [0, 0.05) is 6.04 Å². The molecule has 0 atom stereocenters. The molecule has 0 radical (unpaired) electrons. The molecule has 0 unspecified atom stereocenters. The molecule has 0 amide bonds. The van der Waals surface area contributed by atoms with E-state index in [1.807, 2.05) is 0 Å². The summed E-state index contributed by atoms with van der Waals surface area (Å²) in [5.74, 6) is 2.40. The highest BCUT2D eigenvalue weighted by atomic mass is 14.5. The highest BCUT2D eigenvalue weighted by Crippen LogP contribution is 1.53. The molecule has 0 aromatic rings. The van der Waals surface area contributed by atoms with Crippen molar-refractivity contribution in [2.45, 2.75) is 0 Å². The van der Waals surface area contributed by atoms with Crippen molar-refractivity contribution in [1.29, 1.82) is 0 Å². The smallest absolute Gasteiger partial charge is 0.243 e. The Hall–Kier alpha value is -1.41. The molecule has 4 N–H and O–H groups in total. The molecule has 0 aromatic carbocycles. The Labute approximate surface area is 42.5 Å². The van der Waals surface area contributed by atoms with Gasteiger partial charge in [0.1, 0.15) is 0 Å². The summed E-state index contributed by atoms with van der Waals surface area (Å²) >= 11 is 0. The minimum absolute atomic E-state index is 1.39. The maximum absolute atomic E-state index is 4.77. The van der Waals surface area contributed by atoms with Crippen LogP contribution < -0.4 is 11.5 Å². The molecule has 0 saturated carbocycles. The van der Waals surface area contributed by atoms with E-state index in [0.29, 0.717) is 0 Å². The fourth-order valence-electron chi connectivity index (χ4n) is 0.119. The third kappa shape index (κ3) is 4.59. The first kappa shape index (κ1) is 5.59.